The third kappa shape index (κ3) is 4.89. The number of ether oxygens (including phenoxy) is 1. The Hall–Kier alpha value is -2.21. The topological polar surface area (TPSA) is 71.2 Å². The van der Waals surface area contributed by atoms with Gasteiger partial charge in [-0.15, -0.1) is 11.8 Å². The van der Waals surface area contributed by atoms with E-state index in [0.717, 1.165) is 21.9 Å². The Labute approximate surface area is 139 Å². The van der Waals surface area contributed by atoms with Crippen LogP contribution < -0.4 is 15.6 Å². The number of hydrogen-bond donors (Lipinski definition) is 2. The lowest BCUT2D eigenvalue weighted by atomic mass is 10.1. The Morgan fingerprint density at radius 2 is 1.96 bits per heavy atom. The molecule has 2 rings (SSSR count). The number of aromatic nitrogens is 1. The van der Waals surface area contributed by atoms with Crippen LogP contribution in [0.15, 0.2) is 40.0 Å². The molecule has 0 radical (unpaired) electrons. The molecule has 0 bridgehead atoms. The van der Waals surface area contributed by atoms with Crippen molar-refractivity contribution in [2.24, 2.45) is 0 Å². The number of hydrogen-bond acceptors (Lipinski definition) is 4. The monoisotopic (exact) mass is 332 g/mol. The van der Waals surface area contributed by atoms with Gasteiger partial charge in [0.2, 0.25) is 5.91 Å². The molecule has 122 valence electrons. The van der Waals surface area contributed by atoms with E-state index < -0.39 is 0 Å². The molecule has 6 heteroatoms. The average molecular weight is 332 g/mol. The fourth-order valence-electron chi connectivity index (χ4n) is 2.16. The molecule has 1 amide bonds. The number of benzene rings is 1. The number of aryl methyl sites for hydroxylation is 2. The first-order chi connectivity index (χ1) is 11.0. The van der Waals surface area contributed by atoms with Gasteiger partial charge in [-0.05, 0) is 49.7 Å². The fraction of sp³-hybridized carbons (Fsp3) is 0.294. The summed E-state index contributed by atoms with van der Waals surface area (Å²) in [5.41, 5.74) is 2.15. The van der Waals surface area contributed by atoms with Crippen molar-refractivity contribution in [2.75, 3.05) is 12.9 Å². The molecule has 0 unspecified atom stereocenters. The van der Waals surface area contributed by atoms with E-state index in [9.17, 15) is 9.59 Å². The summed E-state index contributed by atoms with van der Waals surface area (Å²) in [6, 6.07) is 9.43. The second-order valence-electron chi connectivity index (χ2n) is 5.18. The Balaban J connectivity index is 1.87. The first kappa shape index (κ1) is 17.1. The summed E-state index contributed by atoms with van der Waals surface area (Å²) in [6.07, 6.45) is 0. The van der Waals surface area contributed by atoms with Gasteiger partial charge in [-0.2, -0.15) is 0 Å². The molecule has 2 N–H and O–H groups in total. The molecule has 0 spiro atoms. The highest BCUT2D eigenvalue weighted by molar-refractivity contribution is 8.00. The van der Waals surface area contributed by atoms with Crippen molar-refractivity contribution in [3.8, 4) is 5.75 Å². The molecule has 0 atom stereocenters. The molecule has 0 aliphatic heterocycles. The lowest BCUT2D eigenvalue weighted by molar-refractivity contribution is -0.118. The van der Waals surface area contributed by atoms with E-state index in [1.165, 1.54) is 11.8 Å². The zero-order chi connectivity index (χ0) is 16.8. The summed E-state index contributed by atoms with van der Waals surface area (Å²) in [7, 11) is 1.62. The van der Waals surface area contributed by atoms with Crippen LogP contribution in [0.5, 0.6) is 5.75 Å². The minimum atomic E-state index is -0.148. The molecule has 0 fully saturated rings. The van der Waals surface area contributed by atoms with Gasteiger partial charge in [0.25, 0.3) is 5.56 Å². The summed E-state index contributed by atoms with van der Waals surface area (Å²) in [5.74, 6) is 0.980. The second kappa shape index (κ2) is 7.87. The number of aromatic amines is 1. The Morgan fingerprint density at radius 1 is 1.26 bits per heavy atom. The minimum Gasteiger partial charge on any atom is -0.497 e. The first-order valence-corrected chi connectivity index (χ1v) is 8.21. The van der Waals surface area contributed by atoms with E-state index >= 15 is 0 Å². The van der Waals surface area contributed by atoms with E-state index in [-0.39, 0.29) is 18.0 Å². The van der Waals surface area contributed by atoms with Crippen LogP contribution in [0.4, 0.5) is 0 Å². The van der Waals surface area contributed by atoms with Crippen molar-refractivity contribution < 1.29 is 9.53 Å². The highest BCUT2D eigenvalue weighted by Crippen LogP contribution is 2.20. The lowest BCUT2D eigenvalue weighted by Gasteiger charge is -2.08. The van der Waals surface area contributed by atoms with Crippen molar-refractivity contribution >= 4 is 17.7 Å². The first-order valence-electron chi connectivity index (χ1n) is 7.22. The van der Waals surface area contributed by atoms with Crippen molar-refractivity contribution in [3.63, 3.8) is 0 Å². The van der Waals surface area contributed by atoms with Gasteiger partial charge in [0.05, 0.1) is 12.9 Å². The van der Waals surface area contributed by atoms with Crippen LogP contribution in [0.3, 0.4) is 0 Å². The van der Waals surface area contributed by atoms with Crippen LogP contribution in [-0.2, 0) is 11.3 Å². The predicted molar refractivity (Wildman–Crippen MR) is 92.1 cm³/mol. The molecule has 1 aromatic carbocycles. The average Bonchev–Trinajstić information content (AvgIpc) is 2.52. The van der Waals surface area contributed by atoms with E-state index in [0.29, 0.717) is 11.3 Å². The number of rotatable bonds is 6. The lowest BCUT2D eigenvalue weighted by Crippen LogP contribution is -2.29. The summed E-state index contributed by atoms with van der Waals surface area (Å²) in [4.78, 5) is 27.6. The normalized spacial score (nSPS) is 10.4. The van der Waals surface area contributed by atoms with Crippen LogP contribution in [0, 0.1) is 13.8 Å². The number of amides is 1. The highest BCUT2D eigenvalue weighted by atomic mass is 32.2. The molecule has 0 saturated heterocycles. The molecule has 1 aromatic heterocycles. The van der Waals surface area contributed by atoms with Crippen LogP contribution in [0.2, 0.25) is 0 Å². The minimum absolute atomic E-state index is 0.106. The van der Waals surface area contributed by atoms with Gasteiger partial charge in [0.1, 0.15) is 5.75 Å². The largest absolute Gasteiger partial charge is 0.497 e. The van der Waals surface area contributed by atoms with Crippen LogP contribution in [0.1, 0.15) is 16.8 Å². The van der Waals surface area contributed by atoms with Crippen molar-refractivity contribution in [1.82, 2.24) is 10.3 Å². The van der Waals surface area contributed by atoms with Gasteiger partial charge < -0.3 is 15.0 Å². The summed E-state index contributed by atoms with van der Waals surface area (Å²) >= 11 is 1.44. The summed E-state index contributed by atoms with van der Waals surface area (Å²) in [6.45, 7) is 3.95. The maximum absolute atomic E-state index is 11.9. The smallest absolute Gasteiger partial charge is 0.253 e. The van der Waals surface area contributed by atoms with Crippen molar-refractivity contribution in [2.45, 2.75) is 25.3 Å². The number of H-pyrrole nitrogens is 1. The SMILES string of the molecule is COc1ccc(SCC(=O)NCc2c(C)cc(C)[nH]c2=O)cc1. The Kier molecular flexibility index (Phi) is 5.87. The summed E-state index contributed by atoms with van der Waals surface area (Å²) in [5, 5.41) is 2.79. The third-order valence-corrected chi connectivity index (χ3v) is 4.40. The molecule has 5 nitrogen and oxygen atoms in total. The van der Waals surface area contributed by atoms with E-state index in [2.05, 4.69) is 10.3 Å². The van der Waals surface area contributed by atoms with Gasteiger partial charge >= 0.3 is 0 Å². The van der Waals surface area contributed by atoms with Crippen molar-refractivity contribution in [3.05, 3.63) is 57.5 Å². The number of thioether (sulfide) groups is 1. The highest BCUT2D eigenvalue weighted by Gasteiger charge is 2.08. The van der Waals surface area contributed by atoms with Gasteiger partial charge in [0, 0.05) is 22.7 Å². The molecular weight excluding hydrogens is 312 g/mol. The molecule has 23 heavy (non-hydrogen) atoms. The Morgan fingerprint density at radius 3 is 2.57 bits per heavy atom. The zero-order valence-corrected chi connectivity index (χ0v) is 14.3. The molecule has 0 saturated carbocycles. The van der Waals surface area contributed by atoms with E-state index in [1.54, 1.807) is 7.11 Å². The third-order valence-electron chi connectivity index (χ3n) is 3.39. The van der Waals surface area contributed by atoms with Gasteiger partial charge in [-0.1, -0.05) is 0 Å². The van der Waals surface area contributed by atoms with Gasteiger partial charge in [-0.3, -0.25) is 9.59 Å². The number of methoxy groups -OCH3 is 1. The molecule has 2 aromatic rings. The second-order valence-corrected chi connectivity index (χ2v) is 6.23. The fourth-order valence-corrected chi connectivity index (χ4v) is 2.89. The number of carbonyl (C=O) groups is 1. The van der Waals surface area contributed by atoms with Crippen LogP contribution >= 0.6 is 11.8 Å². The number of nitrogens with one attached hydrogen (secondary N) is 2. The zero-order valence-electron chi connectivity index (χ0n) is 13.4. The van der Waals surface area contributed by atoms with E-state index in [4.69, 9.17) is 4.74 Å². The standard InChI is InChI=1S/C17H20N2O3S/c1-11-8-12(2)19-17(21)15(11)9-18-16(20)10-23-14-6-4-13(22-3)5-7-14/h4-8H,9-10H2,1-3H3,(H,18,20)(H,19,21). The maximum atomic E-state index is 11.9. The predicted octanol–water partition coefficient (Wildman–Crippen LogP) is 2.41. The quantitative estimate of drug-likeness (QED) is 0.797. The maximum Gasteiger partial charge on any atom is 0.253 e. The number of pyridine rings is 1. The molecule has 0 aliphatic carbocycles. The van der Waals surface area contributed by atoms with Gasteiger partial charge in [-0.25, -0.2) is 0 Å². The Bertz CT molecular complexity index is 738. The molecular formula is C17H20N2O3S. The van der Waals surface area contributed by atoms with Crippen LogP contribution in [-0.4, -0.2) is 23.8 Å². The molecule has 0 aliphatic rings. The van der Waals surface area contributed by atoms with Gasteiger partial charge in [0.15, 0.2) is 0 Å². The summed E-state index contributed by atoms with van der Waals surface area (Å²) < 4.78 is 5.09. The molecule has 1 heterocycles. The van der Waals surface area contributed by atoms with Crippen LogP contribution in [0.25, 0.3) is 0 Å². The van der Waals surface area contributed by atoms with Crippen molar-refractivity contribution in [1.29, 1.82) is 0 Å². The number of carbonyl (C=O) groups excluding carboxylic acids is 1. The van der Waals surface area contributed by atoms with E-state index in [1.807, 2.05) is 44.2 Å².